The Morgan fingerprint density at radius 1 is 1.08 bits per heavy atom. The third-order valence-electron chi connectivity index (χ3n) is 4.42. The van der Waals surface area contributed by atoms with E-state index in [4.69, 9.17) is 11.6 Å². The number of benzene rings is 2. The summed E-state index contributed by atoms with van der Waals surface area (Å²) in [5, 5.41) is 8.45. The molecule has 0 amide bonds. The predicted octanol–water partition coefficient (Wildman–Crippen LogP) is 4.60. The summed E-state index contributed by atoms with van der Waals surface area (Å²) in [6.07, 6.45) is 3.73. The molecule has 0 radical (unpaired) electrons. The Kier molecular flexibility index (Phi) is 3.62. The van der Waals surface area contributed by atoms with Crippen molar-refractivity contribution in [1.29, 1.82) is 0 Å². The number of hydrogen-bond acceptors (Lipinski definition) is 3. The number of anilines is 1. The summed E-state index contributed by atoms with van der Waals surface area (Å²) in [7, 11) is 0. The van der Waals surface area contributed by atoms with Crippen molar-refractivity contribution >= 4 is 23.2 Å². The topological polar surface area (TPSA) is 42.7 Å². The highest BCUT2D eigenvalue weighted by atomic mass is 35.5. The summed E-state index contributed by atoms with van der Waals surface area (Å²) in [5.74, 6) is 0.732. The number of hydrogen-bond donors (Lipinski definition) is 1. The zero-order chi connectivity index (χ0) is 16.7. The molecule has 1 aliphatic rings. The first-order valence-electron chi connectivity index (χ1n) is 7.83. The van der Waals surface area contributed by atoms with Gasteiger partial charge in [-0.25, -0.2) is 4.68 Å². The average Bonchev–Trinajstić information content (AvgIpc) is 3.05. The largest absolute Gasteiger partial charge is 0.324 e. The second kappa shape index (κ2) is 5.80. The summed E-state index contributed by atoms with van der Waals surface area (Å²) < 4.78 is 1.87. The zero-order valence-electron chi connectivity index (χ0n) is 13.5. The first kappa shape index (κ1) is 15.0. The van der Waals surface area contributed by atoms with Gasteiger partial charge in [0, 0.05) is 10.7 Å². The predicted molar refractivity (Wildman–Crippen MR) is 97.1 cm³/mol. The minimum Gasteiger partial charge on any atom is -0.324 e. The summed E-state index contributed by atoms with van der Waals surface area (Å²) in [5.41, 5.74) is 5.80. The van der Waals surface area contributed by atoms with Crippen LogP contribution in [0.15, 0.2) is 54.9 Å². The molecule has 2 heterocycles. The van der Waals surface area contributed by atoms with Gasteiger partial charge < -0.3 is 5.32 Å². The van der Waals surface area contributed by atoms with Crippen LogP contribution in [0.1, 0.15) is 28.3 Å². The van der Waals surface area contributed by atoms with Crippen LogP contribution < -0.4 is 5.32 Å². The van der Waals surface area contributed by atoms with Crippen molar-refractivity contribution in [3.63, 3.8) is 0 Å². The van der Waals surface area contributed by atoms with Gasteiger partial charge >= 0.3 is 0 Å². The SMILES string of the molecule is Cc1ccc(C2=C[C@H](c3cccc(Cl)c3)n3ncnc3N2)cc1C. The molecule has 0 saturated heterocycles. The molecule has 0 saturated carbocycles. The van der Waals surface area contributed by atoms with Crippen LogP contribution >= 0.6 is 11.6 Å². The van der Waals surface area contributed by atoms with Crippen LogP contribution in [0.3, 0.4) is 0 Å². The fourth-order valence-corrected chi connectivity index (χ4v) is 3.14. The van der Waals surface area contributed by atoms with Gasteiger partial charge in [-0.05, 0) is 60.4 Å². The lowest BCUT2D eigenvalue weighted by molar-refractivity contribution is 0.612. The van der Waals surface area contributed by atoms with Gasteiger partial charge in [0.25, 0.3) is 0 Å². The molecule has 3 aromatic rings. The van der Waals surface area contributed by atoms with Gasteiger partial charge in [-0.1, -0.05) is 35.9 Å². The number of aryl methyl sites for hydroxylation is 2. The van der Waals surface area contributed by atoms with Crippen LogP contribution in [0, 0.1) is 13.8 Å². The molecule has 0 spiro atoms. The normalized spacial score (nSPS) is 16.3. The molecule has 24 heavy (non-hydrogen) atoms. The van der Waals surface area contributed by atoms with Gasteiger partial charge in [0.2, 0.25) is 5.95 Å². The molecule has 1 atom stereocenters. The van der Waals surface area contributed by atoms with E-state index in [0.717, 1.165) is 22.8 Å². The van der Waals surface area contributed by atoms with Gasteiger partial charge in [0.05, 0.1) is 0 Å². The summed E-state index contributed by atoms with van der Waals surface area (Å²) >= 11 is 6.18. The van der Waals surface area contributed by atoms with E-state index in [1.165, 1.54) is 11.1 Å². The average molecular weight is 337 g/mol. The minimum absolute atomic E-state index is 0.0425. The Hall–Kier alpha value is -2.59. The molecule has 0 aliphatic carbocycles. The standard InChI is InChI=1S/C19H17ClN4/c1-12-6-7-14(8-13(12)2)17-10-18(15-4-3-5-16(20)9-15)24-19(23-17)21-11-22-24/h3-11,18H,1-2H3,(H,21,22,23)/t18-/m1/s1. The number of halogens is 1. The van der Waals surface area contributed by atoms with Crippen LogP contribution in [-0.2, 0) is 0 Å². The molecule has 4 nitrogen and oxygen atoms in total. The molecule has 1 N–H and O–H groups in total. The van der Waals surface area contributed by atoms with Gasteiger partial charge in [-0.15, -0.1) is 0 Å². The number of nitrogens with one attached hydrogen (secondary N) is 1. The highest BCUT2D eigenvalue weighted by Gasteiger charge is 2.23. The van der Waals surface area contributed by atoms with Crippen LogP contribution in [-0.4, -0.2) is 14.8 Å². The lowest BCUT2D eigenvalue weighted by atomic mass is 9.99. The molecule has 1 aliphatic heterocycles. The molecular weight excluding hydrogens is 320 g/mol. The fraction of sp³-hybridized carbons (Fsp3) is 0.158. The Bertz CT molecular complexity index is 942. The van der Waals surface area contributed by atoms with E-state index in [9.17, 15) is 0 Å². The molecular formula is C19H17ClN4. The van der Waals surface area contributed by atoms with Crippen molar-refractivity contribution in [3.05, 3.63) is 82.1 Å². The van der Waals surface area contributed by atoms with Crippen molar-refractivity contribution in [2.75, 3.05) is 5.32 Å². The van der Waals surface area contributed by atoms with E-state index in [1.54, 1.807) is 6.33 Å². The van der Waals surface area contributed by atoms with Crippen molar-refractivity contribution in [2.45, 2.75) is 19.9 Å². The van der Waals surface area contributed by atoms with Crippen molar-refractivity contribution in [3.8, 4) is 0 Å². The third kappa shape index (κ3) is 2.59. The lowest BCUT2D eigenvalue weighted by Gasteiger charge is -2.24. The third-order valence-corrected chi connectivity index (χ3v) is 4.65. The quantitative estimate of drug-likeness (QED) is 0.743. The van der Waals surface area contributed by atoms with E-state index in [-0.39, 0.29) is 6.04 Å². The first-order valence-corrected chi connectivity index (χ1v) is 8.21. The lowest BCUT2D eigenvalue weighted by Crippen LogP contribution is -2.20. The van der Waals surface area contributed by atoms with Gasteiger partial charge in [0.15, 0.2) is 0 Å². The second-order valence-electron chi connectivity index (χ2n) is 6.03. The van der Waals surface area contributed by atoms with E-state index >= 15 is 0 Å². The van der Waals surface area contributed by atoms with Crippen molar-refractivity contribution < 1.29 is 0 Å². The van der Waals surface area contributed by atoms with Crippen LogP contribution in [0.25, 0.3) is 5.70 Å². The molecule has 2 aromatic carbocycles. The number of fused-ring (bicyclic) bond motifs is 1. The molecule has 1 aromatic heterocycles. The minimum atomic E-state index is -0.0425. The highest BCUT2D eigenvalue weighted by molar-refractivity contribution is 6.30. The molecule has 0 unspecified atom stereocenters. The number of aromatic nitrogens is 3. The van der Waals surface area contributed by atoms with Crippen LogP contribution in [0.2, 0.25) is 5.02 Å². The van der Waals surface area contributed by atoms with E-state index < -0.39 is 0 Å². The number of rotatable bonds is 2. The Labute approximate surface area is 145 Å². The van der Waals surface area contributed by atoms with Crippen molar-refractivity contribution in [2.24, 2.45) is 0 Å². The summed E-state index contributed by atoms with van der Waals surface area (Å²) in [6.45, 7) is 4.24. The van der Waals surface area contributed by atoms with E-state index in [0.29, 0.717) is 5.02 Å². The fourth-order valence-electron chi connectivity index (χ4n) is 2.94. The Morgan fingerprint density at radius 2 is 1.96 bits per heavy atom. The maximum Gasteiger partial charge on any atom is 0.226 e. The van der Waals surface area contributed by atoms with E-state index in [2.05, 4.69) is 59.6 Å². The monoisotopic (exact) mass is 336 g/mol. The van der Waals surface area contributed by atoms with Crippen LogP contribution in [0.5, 0.6) is 0 Å². The Morgan fingerprint density at radius 3 is 2.75 bits per heavy atom. The Balaban J connectivity index is 1.82. The maximum absolute atomic E-state index is 6.18. The summed E-state index contributed by atoms with van der Waals surface area (Å²) in [4.78, 5) is 4.34. The number of allylic oxidation sites excluding steroid dienone is 1. The first-order chi connectivity index (χ1) is 11.6. The molecule has 0 bridgehead atoms. The second-order valence-corrected chi connectivity index (χ2v) is 6.47. The molecule has 0 fully saturated rings. The van der Waals surface area contributed by atoms with Crippen molar-refractivity contribution in [1.82, 2.24) is 14.8 Å². The van der Waals surface area contributed by atoms with Gasteiger partial charge in [-0.2, -0.15) is 10.1 Å². The number of nitrogens with zero attached hydrogens (tertiary/aromatic N) is 3. The molecule has 5 heteroatoms. The van der Waals surface area contributed by atoms with Gasteiger partial charge in [-0.3, -0.25) is 0 Å². The molecule has 4 rings (SSSR count). The highest BCUT2D eigenvalue weighted by Crippen LogP contribution is 2.33. The summed E-state index contributed by atoms with van der Waals surface area (Å²) in [6, 6.07) is 14.3. The zero-order valence-corrected chi connectivity index (χ0v) is 14.2. The smallest absolute Gasteiger partial charge is 0.226 e. The van der Waals surface area contributed by atoms with Crippen LogP contribution in [0.4, 0.5) is 5.95 Å². The van der Waals surface area contributed by atoms with Gasteiger partial charge in [0.1, 0.15) is 12.4 Å². The maximum atomic E-state index is 6.18. The molecule has 120 valence electrons. The van der Waals surface area contributed by atoms with E-state index in [1.807, 2.05) is 22.9 Å².